The van der Waals surface area contributed by atoms with Crippen LogP contribution >= 0.6 is 11.9 Å². The number of rotatable bonds is 15. The number of unbranched alkanes of at least 4 members (excludes halogenated alkanes) is 5. The third-order valence-electron chi connectivity index (χ3n) is 6.10. The molecule has 0 aliphatic heterocycles. The SMILES string of the molecule is C=C/C=C\C(=C/C)CSNc1ccc(Oc2ncccc2-c2ccnc(N)n2)cc1C(C)(F)F.CCCCCCCC. The van der Waals surface area contributed by atoms with E-state index in [1.165, 1.54) is 62.7 Å². The van der Waals surface area contributed by atoms with Crippen LogP contribution in [0.2, 0.25) is 0 Å². The number of benzene rings is 1. The van der Waals surface area contributed by atoms with E-state index in [4.69, 9.17) is 10.5 Å². The number of pyridine rings is 1. The van der Waals surface area contributed by atoms with E-state index in [0.717, 1.165) is 12.5 Å². The van der Waals surface area contributed by atoms with Crippen LogP contribution in [0.3, 0.4) is 0 Å². The lowest BCUT2D eigenvalue weighted by atomic mass is 10.1. The number of nitrogen functional groups attached to an aromatic ring is 1. The van der Waals surface area contributed by atoms with Crippen LogP contribution in [0.1, 0.15) is 71.8 Å². The summed E-state index contributed by atoms with van der Waals surface area (Å²) in [5, 5.41) is 0. The molecule has 0 spiro atoms. The largest absolute Gasteiger partial charge is 0.438 e. The van der Waals surface area contributed by atoms with Crippen molar-refractivity contribution in [2.45, 2.75) is 72.1 Å². The molecule has 3 aromatic rings. The molecule has 0 bridgehead atoms. The van der Waals surface area contributed by atoms with Gasteiger partial charge in [0.1, 0.15) is 5.75 Å². The Morgan fingerprint density at radius 3 is 2.43 bits per heavy atom. The molecule has 0 saturated heterocycles. The van der Waals surface area contributed by atoms with Crippen LogP contribution in [0.15, 0.2) is 85.2 Å². The van der Waals surface area contributed by atoms with E-state index >= 15 is 0 Å². The van der Waals surface area contributed by atoms with Gasteiger partial charge in [-0.2, -0.15) is 0 Å². The average Bonchev–Trinajstić information content (AvgIpc) is 2.98. The summed E-state index contributed by atoms with van der Waals surface area (Å²) in [6.07, 6.45) is 18.9. The highest BCUT2D eigenvalue weighted by molar-refractivity contribution is 8.00. The second-order valence-electron chi connectivity index (χ2n) is 9.62. The fourth-order valence-corrected chi connectivity index (χ4v) is 4.65. The quantitative estimate of drug-likeness (QED) is 0.103. The molecule has 0 fully saturated rings. The molecule has 0 radical (unpaired) electrons. The summed E-state index contributed by atoms with van der Waals surface area (Å²) in [5.74, 6) is -1.96. The lowest BCUT2D eigenvalue weighted by Crippen LogP contribution is -2.10. The van der Waals surface area contributed by atoms with Gasteiger partial charge in [-0.25, -0.2) is 23.7 Å². The first-order valence-corrected chi connectivity index (χ1v) is 15.3. The van der Waals surface area contributed by atoms with Crippen molar-refractivity contribution in [1.82, 2.24) is 15.0 Å². The molecule has 6 nitrogen and oxygen atoms in total. The van der Waals surface area contributed by atoms with Crippen molar-refractivity contribution in [3.8, 4) is 22.9 Å². The maximum atomic E-state index is 14.5. The maximum absolute atomic E-state index is 14.5. The Hall–Kier alpha value is -3.72. The monoisotopic (exact) mass is 595 g/mol. The number of nitrogens with zero attached hydrogens (tertiary/aromatic N) is 3. The fraction of sp³-hybridized carbons (Fsp3) is 0.364. The highest BCUT2D eigenvalue weighted by atomic mass is 32.2. The van der Waals surface area contributed by atoms with Gasteiger partial charge in [0.2, 0.25) is 11.8 Å². The number of ether oxygens (including phenoxy) is 1. The summed E-state index contributed by atoms with van der Waals surface area (Å²) in [7, 11) is 0. The van der Waals surface area contributed by atoms with E-state index in [2.05, 4.69) is 40.1 Å². The molecule has 9 heteroatoms. The number of hydrogen-bond donors (Lipinski definition) is 2. The number of hydrogen-bond acceptors (Lipinski definition) is 7. The maximum Gasteiger partial charge on any atom is 0.272 e. The minimum absolute atomic E-state index is 0.106. The van der Waals surface area contributed by atoms with Gasteiger partial charge in [-0.05, 0) is 60.8 Å². The second-order valence-corrected chi connectivity index (χ2v) is 10.4. The third kappa shape index (κ3) is 12.0. The Balaban J connectivity index is 0.000000675. The number of aromatic nitrogens is 3. The molecule has 0 atom stereocenters. The first kappa shape index (κ1) is 34.5. The predicted molar refractivity (Wildman–Crippen MR) is 174 cm³/mol. The van der Waals surface area contributed by atoms with E-state index in [-0.39, 0.29) is 23.1 Å². The third-order valence-corrected chi connectivity index (χ3v) is 6.94. The lowest BCUT2D eigenvalue weighted by Gasteiger charge is -2.18. The van der Waals surface area contributed by atoms with Crippen molar-refractivity contribution in [3.63, 3.8) is 0 Å². The van der Waals surface area contributed by atoms with Gasteiger partial charge in [0.25, 0.3) is 5.92 Å². The van der Waals surface area contributed by atoms with Crippen molar-refractivity contribution in [2.24, 2.45) is 0 Å². The van der Waals surface area contributed by atoms with Crippen molar-refractivity contribution in [1.29, 1.82) is 0 Å². The molecule has 0 amide bonds. The Labute approximate surface area is 253 Å². The molecule has 0 aliphatic carbocycles. The fourth-order valence-electron chi connectivity index (χ4n) is 3.81. The van der Waals surface area contributed by atoms with Gasteiger partial charge < -0.3 is 15.2 Å². The number of allylic oxidation sites excluding steroid dienone is 4. The zero-order valence-electron chi connectivity index (χ0n) is 25.1. The van der Waals surface area contributed by atoms with Gasteiger partial charge in [-0.15, -0.1) is 0 Å². The van der Waals surface area contributed by atoms with E-state index < -0.39 is 5.92 Å². The van der Waals surface area contributed by atoms with Gasteiger partial charge in [-0.1, -0.05) is 83.3 Å². The van der Waals surface area contributed by atoms with Gasteiger partial charge in [-0.3, -0.25) is 0 Å². The smallest absolute Gasteiger partial charge is 0.272 e. The molecule has 2 aromatic heterocycles. The highest BCUT2D eigenvalue weighted by Gasteiger charge is 2.29. The van der Waals surface area contributed by atoms with Crippen LogP contribution in [-0.4, -0.2) is 20.7 Å². The van der Waals surface area contributed by atoms with E-state index in [1.54, 1.807) is 42.6 Å². The number of alkyl halides is 2. The molecule has 1 aromatic carbocycles. The molecular weight excluding hydrogens is 552 g/mol. The average molecular weight is 596 g/mol. The molecule has 226 valence electrons. The lowest BCUT2D eigenvalue weighted by molar-refractivity contribution is 0.0181. The van der Waals surface area contributed by atoms with Crippen molar-refractivity contribution < 1.29 is 13.5 Å². The van der Waals surface area contributed by atoms with Crippen molar-refractivity contribution in [3.05, 3.63) is 90.8 Å². The number of nitrogens with one attached hydrogen (secondary N) is 1. The second kappa shape index (κ2) is 18.7. The molecular formula is C33H43F2N5OS. The minimum atomic E-state index is -3.09. The van der Waals surface area contributed by atoms with Gasteiger partial charge in [0.05, 0.1) is 16.9 Å². The zero-order valence-corrected chi connectivity index (χ0v) is 25.9. The van der Waals surface area contributed by atoms with Gasteiger partial charge >= 0.3 is 0 Å². The standard InChI is InChI=1S/C25H25F2N5OS.C8H18/c1-4-6-8-17(5-2)16-34-32-22-11-10-18(15-20(22)25(3,26)27)33-23-19(9-7-13-29-23)21-12-14-30-24(28)31-21;1-3-5-7-8-6-4-2/h4-15,32H,1,16H2,2-3H3,(H2,28,30,31);3-8H2,1-2H3/b8-6-,17-5+;. The van der Waals surface area contributed by atoms with Gasteiger partial charge in [0, 0.05) is 30.6 Å². The molecule has 42 heavy (non-hydrogen) atoms. The first-order chi connectivity index (χ1) is 20.2. The molecule has 0 aliphatic rings. The van der Waals surface area contributed by atoms with E-state index in [1.807, 2.05) is 25.2 Å². The van der Waals surface area contributed by atoms with Crippen molar-refractivity contribution >= 4 is 23.6 Å². The Bertz CT molecular complexity index is 1300. The number of halogens is 2. The predicted octanol–water partition coefficient (Wildman–Crippen LogP) is 10.1. The van der Waals surface area contributed by atoms with E-state index in [9.17, 15) is 8.78 Å². The van der Waals surface area contributed by atoms with Crippen molar-refractivity contribution in [2.75, 3.05) is 16.2 Å². The first-order valence-electron chi connectivity index (χ1n) is 14.3. The highest BCUT2D eigenvalue weighted by Crippen LogP contribution is 2.39. The molecule has 0 unspecified atom stereocenters. The number of nitrogens with two attached hydrogens (primary N) is 1. The molecule has 0 saturated carbocycles. The Kier molecular flexibility index (Phi) is 15.3. The molecule has 3 rings (SSSR count). The van der Waals surface area contributed by atoms with Crippen LogP contribution in [0.4, 0.5) is 20.4 Å². The van der Waals surface area contributed by atoms with Crippen LogP contribution in [0.5, 0.6) is 11.6 Å². The summed E-state index contributed by atoms with van der Waals surface area (Å²) in [6.45, 7) is 10.9. The van der Waals surface area contributed by atoms with Crippen LogP contribution in [-0.2, 0) is 5.92 Å². The van der Waals surface area contributed by atoms with Crippen LogP contribution < -0.4 is 15.2 Å². The van der Waals surface area contributed by atoms with Gasteiger partial charge in [0.15, 0.2) is 0 Å². The Morgan fingerprint density at radius 2 is 1.81 bits per heavy atom. The Morgan fingerprint density at radius 1 is 1.07 bits per heavy atom. The van der Waals surface area contributed by atoms with Crippen LogP contribution in [0.25, 0.3) is 11.3 Å². The number of anilines is 2. The van der Waals surface area contributed by atoms with Crippen LogP contribution in [0, 0.1) is 0 Å². The summed E-state index contributed by atoms with van der Waals surface area (Å²) in [4.78, 5) is 12.3. The zero-order chi connectivity index (χ0) is 30.8. The molecule has 2 heterocycles. The summed E-state index contributed by atoms with van der Waals surface area (Å²) < 4.78 is 37.8. The summed E-state index contributed by atoms with van der Waals surface area (Å²) >= 11 is 1.31. The van der Waals surface area contributed by atoms with E-state index in [0.29, 0.717) is 22.7 Å². The summed E-state index contributed by atoms with van der Waals surface area (Å²) in [5.41, 5.74) is 7.91. The topological polar surface area (TPSA) is 86.0 Å². The minimum Gasteiger partial charge on any atom is -0.438 e. The summed E-state index contributed by atoms with van der Waals surface area (Å²) in [6, 6.07) is 9.63. The normalized spacial score (nSPS) is 11.6. The molecule has 3 N–H and O–H groups in total.